The fourth-order valence-corrected chi connectivity index (χ4v) is 1.65. The first-order chi connectivity index (χ1) is 7.11. The highest BCUT2D eigenvalue weighted by atomic mass is 16.5. The first-order valence-corrected chi connectivity index (χ1v) is 4.90. The number of methoxy groups -OCH3 is 2. The average molecular weight is 210 g/mol. The van der Waals surface area contributed by atoms with Crippen molar-refractivity contribution in [2.75, 3.05) is 14.2 Å². The van der Waals surface area contributed by atoms with E-state index in [4.69, 9.17) is 9.47 Å². The summed E-state index contributed by atoms with van der Waals surface area (Å²) in [6.07, 6.45) is 0. The number of aryl methyl sites for hydroxylation is 1. The number of phenolic OH excluding ortho intramolecular Hbond substituents is 1. The van der Waals surface area contributed by atoms with Crippen LogP contribution in [0.1, 0.15) is 22.3 Å². The predicted octanol–water partition coefficient (Wildman–Crippen LogP) is 2.30. The van der Waals surface area contributed by atoms with Crippen molar-refractivity contribution in [3.05, 3.63) is 28.3 Å². The molecule has 0 saturated carbocycles. The van der Waals surface area contributed by atoms with E-state index in [1.54, 1.807) is 14.2 Å². The van der Waals surface area contributed by atoms with Gasteiger partial charge in [-0.3, -0.25) is 0 Å². The van der Waals surface area contributed by atoms with Crippen molar-refractivity contribution in [2.45, 2.75) is 27.1 Å². The average Bonchev–Trinajstić information content (AvgIpc) is 2.21. The lowest BCUT2D eigenvalue weighted by atomic mass is 9.99. The largest absolute Gasteiger partial charge is 0.507 e. The van der Waals surface area contributed by atoms with Crippen LogP contribution in [0.5, 0.6) is 5.75 Å². The molecule has 1 aromatic carbocycles. The highest BCUT2D eigenvalue weighted by Gasteiger charge is 2.12. The van der Waals surface area contributed by atoms with E-state index in [-0.39, 0.29) is 0 Å². The Morgan fingerprint density at radius 1 is 1.13 bits per heavy atom. The number of ether oxygens (including phenoxy) is 2. The zero-order valence-corrected chi connectivity index (χ0v) is 9.76. The standard InChI is InChI=1S/C12H18O3/c1-8-5-10(6-14-3)9(2)12(13)11(8)7-15-4/h5,13H,6-7H2,1-4H3. The number of hydrogen-bond acceptors (Lipinski definition) is 3. The van der Waals surface area contributed by atoms with E-state index < -0.39 is 0 Å². The smallest absolute Gasteiger partial charge is 0.124 e. The molecular formula is C12H18O3. The fourth-order valence-electron chi connectivity index (χ4n) is 1.65. The van der Waals surface area contributed by atoms with Crippen LogP contribution in [0.15, 0.2) is 6.07 Å². The van der Waals surface area contributed by atoms with Crippen molar-refractivity contribution in [2.24, 2.45) is 0 Å². The molecule has 0 saturated heterocycles. The second-order valence-corrected chi connectivity index (χ2v) is 3.67. The Balaban J connectivity index is 3.18. The van der Waals surface area contributed by atoms with Gasteiger partial charge in [0.1, 0.15) is 5.75 Å². The maximum Gasteiger partial charge on any atom is 0.124 e. The Morgan fingerprint density at radius 3 is 2.27 bits per heavy atom. The topological polar surface area (TPSA) is 38.7 Å². The molecule has 0 heterocycles. The maximum atomic E-state index is 9.98. The van der Waals surface area contributed by atoms with Crippen molar-refractivity contribution < 1.29 is 14.6 Å². The third-order valence-corrected chi connectivity index (χ3v) is 2.58. The molecule has 1 rings (SSSR count). The quantitative estimate of drug-likeness (QED) is 0.828. The van der Waals surface area contributed by atoms with Crippen LogP contribution in [0.4, 0.5) is 0 Å². The summed E-state index contributed by atoms with van der Waals surface area (Å²) in [7, 11) is 3.27. The zero-order chi connectivity index (χ0) is 11.4. The van der Waals surface area contributed by atoms with E-state index in [0.29, 0.717) is 19.0 Å². The second kappa shape index (κ2) is 5.14. The van der Waals surface area contributed by atoms with Gasteiger partial charge < -0.3 is 14.6 Å². The van der Waals surface area contributed by atoms with Crippen molar-refractivity contribution in [1.82, 2.24) is 0 Å². The molecule has 0 atom stereocenters. The molecular weight excluding hydrogens is 192 g/mol. The van der Waals surface area contributed by atoms with E-state index in [0.717, 1.165) is 22.3 Å². The molecule has 84 valence electrons. The van der Waals surface area contributed by atoms with Gasteiger partial charge in [0.15, 0.2) is 0 Å². The van der Waals surface area contributed by atoms with Crippen molar-refractivity contribution in [1.29, 1.82) is 0 Å². The lowest BCUT2D eigenvalue weighted by Crippen LogP contribution is -1.99. The minimum Gasteiger partial charge on any atom is -0.507 e. The van der Waals surface area contributed by atoms with Crippen LogP contribution < -0.4 is 0 Å². The molecule has 1 N–H and O–H groups in total. The molecule has 0 amide bonds. The van der Waals surface area contributed by atoms with Gasteiger partial charge in [-0.1, -0.05) is 6.07 Å². The Hall–Kier alpha value is -1.06. The number of aromatic hydroxyl groups is 1. The molecule has 1 aromatic rings. The van der Waals surface area contributed by atoms with Crippen LogP contribution in [-0.2, 0) is 22.7 Å². The van der Waals surface area contributed by atoms with Crippen LogP contribution in [-0.4, -0.2) is 19.3 Å². The van der Waals surface area contributed by atoms with Crippen molar-refractivity contribution in [3.63, 3.8) is 0 Å². The Labute approximate surface area is 90.6 Å². The Kier molecular flexibility index (Phi) is 4.12. The van der Waals surface area contributed by atoms with Gasteiger partial charge in [-0.25, -0.2) is 0 Å². The molecule has 3 nitrogen and oxygen atoms in total. The number of phenols is 1. The van der Waals surface area contributed by atoms with E-state index in [2.05, 4.69) is 0 Å². The first-order valence-electron chi connectivity index (χ1n) is 4.90. The minimum absolute atomic E-state index is 0.323. The fraction of sp³-hybridized carbons (Fsp3) is 0.500. The normalized spacial score (nSPS) is 10.7. The first kappa shape index (κ1) is 12.0. The molecule has 0 radical (unpaired) electrons. The van der Waals surface area contributed by atoms with Gasteiger partial charge >= 0.3 is 0 Å². The Bertz CT molecular complexity index is 345. The van der Waals surface area contributed by atoms with E-state index in [1.807, 2.05) is 19.9 Å². The predicted molar refractivity (Wildman–Crippen MR) is 59.0 cm³/mol. The summed E-state index contributed by atoms with van der Waals surface area (Å²) in [5, 5.41) is 9.98. The van der Waals surface area contributed by atoms with Crippen LogP contribution >= 0.6 is 0 Å². The third-order valence-electron chi connectivity index (χ3n) is 2.58. The van der Waals surface area contributed by atoms with Crippen LogP contribution in [0.25, 0.3) is 0 Å². The molecule has 0 aromatic heterocycles. The summed E-state index contributed by atoms with van der Waals surface area (Å²) in [6, 6.07) is 2.03. The van der Waals surface area contributed by atoms with E-state index >= 15 is 0 Å². The molecule has 0 unspecified atom stereocenters. The van der Waals surface area contributed by atoms with Crippen LogP contribution in [0.2, 0.25) is 0 Å². The van der Waals surface area contributed by atoms with Gasteiger partial charge in [0.25, 0.3) is 0 Å². The second-order valence-electron chi connectivity index (χ2n) is 3.67. The summed E-state index contributed by atoms with van der Waals surface area (Å²) in [5.41, 5.74) is 3.78. The highest BCUT2D eigenvalue weighted by molar-refractivity contribution is 5.48. The highest BCUT2D eigenvalue weighted by Crippen LogP contribution is 2.29. The summed E-state index contributed by atoms with van der Waals surface area (Å²) in [6.45, 7) is 4.81. The number of benzene rings is 1. The monoisotopic (exact) mass is 210 g/mol. The SMILES string of the molecule is COCc1cc(C)c(COC)c(O)c1C. The summed E-state index contributed by atoms with van der Waals surface area (Å²) >= 11 is 0. The number of rotatable bonds is 4. The molecule has 0 spiro atoms. The van der Waals surface area contributed by atoms with Gasteiger partial charge in [-0.05, 0) is 30.5 Å². The minimum atomic E-state index is 0.323. The Morgan fingerprint density at radius 2 is 1.73 bits per heavy atom. The van der Waals surface area contributed by atoms with Gasteiger partial charge in [-0.2, -0.15) is 0 Å². The lowest BCUT2D eigenvalue weighted by molar-refractivity contribution is 0.178. The molecule has 15 heavy (non-hydrogen) atoms. The van der Waals surface area contributed by atoms with Crippen molar-refractivity contribution >= 4 is 0 Å². The van der Waals surface area contributed by atoms with Gasteiger partial charge in [-0.15, -0.1) is 0 Å². The van der Waals surface area contributed by atoms with Gasteiger partial charge in [0.05, 0.1) is 13.2 Å². The lowest BCUT2D eigenvalue weighted by Gasteiger charge is -2.14. The zero-order valence-electron chi connectivity index (χ0n) is 9.76. The molecule has 0 aliphatic rings. The summed E-state index contributed by atoms with van der Waals surface area (Å²) in [4.78, 5) is 0. The molecule has 0 aliphatic heterocycles. The summed E-state index contributed by atoms with van der Waals surface area (Å²) in [5.74, 6) is 0.323. The molecule has 0 aliphatic carbocycles. The van der Waals surface area contributed by atoms with E-state index in [1.165, 1.54) is 0 Å². The van der Waals surface area contributed by atoms with Crippen molar-refractivity contribution in [3.8, 4) is 5.75 Å². The molecule has 3 heteroatoms. The molecule has 0 fully saturated rings. The van der Waals surface area contributed by atoms with Gasteiger partial charge in [0, 0.05) is 19.8 Å². The third kappa shape index (κ3) is 2.49. The summed E-state index contributed by atoms with van der Waals surface area (Å²) < 4.78 is 10.1. The number of hydrogen-bond donors (Lipinski definition) is 1. The van der Waals surface area contributed by atoms with Gasteiger partial charge in [0.2, 0.25) is 0 Å². The van der Waals surface area contributed by atoms with Crippen LogP contribution in [0, 0.1) is 13.8 Å². The van der Waals surface area contributed by atoms with E-state index in [9.17, 15) is 5.11 Å². The molecule has 0 bridgehead atoms. The van der Waals surface area contributed by atoms with Crippen LogP contribution in [0.3, 0.4) is 0 Å². The maximum absolute atomic E-state index is 9.98.